The van der Waals surface area contributed by atoms with E-state index < -0.39 is 17.4 Å². The van der Waals surface area contributed by atoms with Crippen molar-refractivity contribution in [3.05, 3.63) is 106 Å². The number of benzene rings is 3. The van der Waals surface area contributed by atoms with Gasteiger partial charge >= 0.3 is 0 Å². The first-order chi connectivity index (χ1) is 17.7. The Morgan fingerprint density at radius 2 is 1.86 bits per heavy atom. The molecule has 1 saturated heterocycles. The zero-order valence-electron chi connectivity index (χ0n) is 20.4. The number of aromatic nitrogens is 2. The molecule has 0 amide bonds. The fourth-order valence-electron chi connectivity index (χ4n) is 5.40. The molecule has 0 aliphatic carbocycles. The van der Waals surface area contributed by atoms with Gasteiger partial charge in [-0.1, -0.05) is 35.9 Å². The van der Waals surface area contributed by atoms with Gasteiger partial charge in [0.2, 0.25) is 12.3 Å². The van der Waals surface area contributed by atoms with E-state index in [1.54, 1.807) is 6.07 Å². The Morgan fingerprint density at radius 1 is 1.08 bits per heavy atom. The van der Waals surface area contributed by atoms with Crippen molar-refractivity contribution in [2.45, 2.75) is 43.9 Å². The fraction of sp³-hybridized carbons (Fsp3) is 0.276. The third-order valence-electron chi connectivity index (χ3n) is 6.97. The summed E-state index contributed by atoms with van der Waals surface area (Å²) in [6.45, 7) is 3.74. The smallest absolute Gasteiger partial charge is 0.247 e. The number of hydrogen-bond acceptors (Lipinski definition) is 5. The summed E-state index contributed by atoms with van der Waals surface area (Å²) in [6, 6.07) is 21.1. The fourth-order valence-corrected chi connectivity index (χ4v) is 5.53. The maximum atomic E-state index is 15.8. The first kappa shape index (κ1) is 25.1. The van der Waals surface area contributed by atoms with Crippen molar-refractivity contribution in [1.29, 1.82) is 5.26 Å². The van der Waals surface area contributed by atoms with Crippen LogP contribution in [0.5, 0.6) is 0 Å². The lowest BCUT2D eigenvalue weighted by Crippen LogP contribution is -2.56. The van der Waals surface area contributed by atoms with Gasteiger partial charge in [-0.05, 0) is 79.4 Å². The maximum absolute atomic E-state index is 15.8. The van der Waals surface area contributed by atoms with Crippen LogP contribution in [0.2, 0.25) is 5.02 Å². The summed E-state index contributed by atoms with van der Waals surface area (Å²) < 4.78 is 35.7. The van der Waals surface area contributed by atoms with Gasteiger partial charge in [0, 0.05) is 29.1 Å². The SMILES string of the molecule is CC(C)(F)[C@@H](c1cc(F)cc(C#N)c1)C1CCN1[C@@H](c1ccc(Cl)cc1)c1cccc(-c2nnco2)c1. The minimum atomic E-state index is -1.67. The molecule has 0 spiro atoms. The van der Waals surface area contributed by atoms with Gasteiger partial charge in [0.1, 0.15) is 11.5 Å². The zero-order chi connectivity index (χ0) is 26.2. The summed E-state index contributed by atoms with van der Waals surface area (Å²) in [5.74, 6) is -0.794. The van der Waals surface area contributed by atoms with E-state index in [1.807, 2.05) is 54.6 Å². The molecule has 5 nitrogen and oxygen atoms in total. The summed E-state index contributed by atoms with van der Waals surface area (Å²) in [6.07, 6.45) is 2.01. The predicted octanol–water partition coefficient (Wildman–Crippen LogP) is 7.10. The van der Waals surface area contributed by atoms with Crippen molar-refractivity contribution in [3.63, 3.8) is 0 Å². The highest BCUT2D eigenvalue weighted by atomic mass is 35.5. The summed E-state index contributed by atoms with van der Waals surface area (Å²) in [4.78, 5) is 2.24. The van der Waals surface area contributed by atoms with Crippen LogP contribution < -0.4 is 0 Å². The normalized spacial score (nSPS) is 17.6. The minimum absolute atomic E-state index is 0.177. The predicted molar refractivity (Wildman–Crippen MR) is 137 cm³/mol. The molecule has 3 aromatic carbocycles. The quantitative estimate of drug-likeness (QED) is 0.261. The second kappa shape index (κ2) is 10.0. The van der Waals surface area contributed by atoms with E-state index in [-0.39, 0.29) is 17.6 Å². The third kappa shape index (κ3) is 5.13. The summed E-state index contributed by atoms with van der Waals surface area (Å²) >= 11 is 6.19. The van der Waals surface area contributed by atoms with Gasteiger partial charge in [-0.3, -0.25) is 4.90 Å². The summed E-state index contributed by atoms with van der Waals surface area (Å²) in [7, 11) is 0. The van der Waals surface area contributed by atoms with Crippen LogP contribution >= 0.6 is 11.6 Å². The molecule has 1 fully saturated rings. The molecular formula is C29H25ClF2N4O. The van der Waals surface area contributed by atoms with Crippen LogP contribution in [0, 0.1) is 17.1 Å². The Balaban J connectivity index is 1.59. The van der Waals surface area contributed by atoms with Crippen LogP contribution in [-0.4, -0.2) is 33.4 Å². The molecule has 188 valence electrons. The average Bonchev–Trinajstić information content (AvgIpc) is 3.40. The molecule has 4 aromatic rings. The van der Waals surface area contributed by atoms with E-state index in [2.05, 4.69) is 15.1 Å². The second-order valence-corrected chi connectivity index (χ2v) is 10.3. The van der Waals surface area contributed by atoms with Crippen LogP contribution in [0.15, 0.2) is 77.5 Å². The largest absolute Gasteiger partial charge is 0.423 e. The van der Waals surface area contributed by atoms with Crippen molar-refractivity contribution < 1.29 is 13.2 Å². The monoisotopic (exact) mass is 518 g/mol. The van der Waals surface area contributed by atoms with Gasteiger partial charge in [-0.25, -0.2) is 8.78 Å². The summed E-state index contributed by atoms with van der Waals surface area (Å²) in [5, 5.41) is 17.8. The summed E-state index contributed by atoms with van der Waals surface area (Å²) in [5.41, 5.74) is 1.72. The number of alkyl halides is 1. The van der Waals surface area contributed by atoms with E-state index in [0.717, 1.165) is 29.7 Å². The van der Waals surface area contributed by atoms with Gasteiger partial charge in [0.15, 0.2) is 0 Å². The topological polar surface area (TPSA) is 66.0 Å². The van der Waals surface area contributed by atoms with Crippen LogP contribution in [0.4, 0.5) is 8.78 Å². The molecule has 1 aromatic heterocycles. The number of nitrogens with zero attached hydrogens (tertiary/aromatic N) is 4. The molecule has 1 aliphatic heterocycles. The Bertz CT molecular complexity index is 1430. The lowest BCUT2D eigenvalue weighted by molar-refractivity contribution is -0.00509. The number of likely N-dealkylation sites (tertiary alicyclic amines) is 1. The van der Waals surface area contributed by atoms with Crippen LogP contribution in [0.3, 0.4) is 0 Å². The number of halogens is 3. The van der Waals surface area contributed by atoms with Crippen LogP contribution in [0.1, 0.15) is 54.5 Å². The maximum Gasteiger partial charge on any atom is 0.247 e. The Kier molecular flexibility index (Phi) is 6.80. The van der Waals surface area contributed by atoms with Crippen molar-refractivity contribution in [1.82, 2.24) is 15.1 Å². The molecule has 8 heteroatoms. The molecule has 37 heavy (non-hydrogen) atoms. The Labute approximate surface area is 219 Å². The highest BCUT2D eigenvalue weighted by Crippen LogP contribution is 2.47. The average molecular weight is 519 g/mol. The molecule has 3 atom stereocenters. The van der Waals surface area contributed by atoms with Gasteiger partial charge in [-0.2, -0.15) is 5.26 Å². The highest BCUT2D eigenvalue weighted by Gasteiger charge is 2.47. The standard InChI is InChI=1S/C29H25ClF2N4O/c1-29(2,32)26(22-12-18(16-33)13-24(31)15-22)25-10-11-36(25)27(19-6-8-23(30)9-7-19)20-4-3-5-21(14-20)28-35-34-17-37-28/h3-9,12-15,17,25-27H,10-11H2,1-2H3/t25?,26-,27-/m0/s1. The van der Waals surface area contributed by atoms with Gasteiger partial charge in [-0.15, -0.1) is 10.2 Å². The van der Waals surface area contributed by atoms with E-state index in [1.165, 1.54) is 32.4 Å². The Hall–Kier alpha value is -3.60. The van der Waals surface area contributed by atoms with Crippen molar-refractivity contribution in [2.75, 3.05) is 6.54 Å². The molecular weight excluding hydrogens is 494 g/mol. The minimum Gasteiger partial charge on any atom is -0.423 e. The number of hydrogen-bond donors (Lipinski definition) is 0. The van der Waals surface area contributed by atoms with Gasteiger partial charge in [0.05, 0.1) is 17.7 Å². The van der Waals surface area contributed by atoms with Crippen molar-refractivity contribution in [2.24, 2.45) is 0 Å². The zero-order valence-corrected chi connectivity index (χ0v) is 21.2. The molecule has 0 N–H and O–H groups in total. The van der Waals surface area contributed by atoms with E-state index in [9.17, 15) is 9.65 Å². The van der Waals surface area contributed by atoms with E-state index in [4.69, 9.17) is 16.0 Å². The van der Waals surface area contributed by atoms with Crippen LogP contribution in [0.25, 0.3) is 11.5 Å². The molecule has 0 saturated carbocycles. The van der Waals surface area contributed by atoms with Crippen molar-refractivity contribution >= 4 is 11.6 Å². The molecule has 0 radical (unpaired) electrons. The molecule has 1 aliphatic rings. The second-order valence-electron chi connectivity index (χ2n) is 9.84. The highest BCUT2D eigenvalue weighted by molar-refractivity contribution is 6.30. The Morgan fingerprint density at radius 3 is 2.49 bits per heavy atom. The first-order valence-corrected chi connectivity index (χ1v) is 12.4. The molecule has 1 unspecified atom stereocenters. The van der Waals surface area contributed by atoms with E-state index in [0.29, 0.717) is 16.5 Å². The lowest BCUT2D eigenvalue weighted by atomic mass is 9.73. The third-order valence-corrected chi connectivity index (χ3v) is 7.22. The van der Waals surface area contributed by atoms with Crippen molar-refractivity contribution in [3.8, 4) is 17.5 Å². The molecule has 2 heterocycles. The van der Waals surface area contributed by atoms with E-state index >= 15 is 4.39 Å². The number of nitriles is 1. The van der Waals surface area contributed by atoms with Crippen LogP contribution in [-0.2, 0) is 0 Å². The lowest BCUT2D eigenvalue weighted by Gasteiger charge is -2.52. The van der Waals surface area contributed by atoms with Gasteiger partial charge < -0.3 is 4.42 Å². The number of rotatable bonds is 7. The first-order valence-electron chi connectivity index (χ1n) is 12.0. The molecule has 0 bridgehead atoms. The molecule has 5 rings (SSSR count). The van der Waals surface area contributed by atoms with Gasteiger partial charge in [0.25, 0.3) is 0 Å².